The fraction of sp³-hybridized carbons (Fsp3) is 0.417. The molecule has 2 aromatic carbocycles. The van der Waals surface area contributed by atoms with Crippen molar-refractivity contribution in [1.82, 2.24) is 0 Å². The van der Waals surface area contributed by atoms with Gasteiger partial charge in [-0.2, -0.15) is 0 Å². The molecule has 2 aromatic rings. The summed E-state index contributed by atoms with van der Waals surface area (Å²) in [7, 11) is 0. The predicted octanol–water partition coefficient (Wildman–Crippen LogP) is 5.59. The van der Waals surface area contributed by atoms with Gasteiger partial charge in [-0.15, -0.1) is 0 Å². The highest BCUT2D eigenvalue weighted by Crippen LogP contribution is 2.29. The zero-order chi connectivity index (χ0) is 21.6. The lowest BCUT2D eigenvalue weighted by Crippen LogP contribution is -2.30. The smallest absolute Gasteiger partial charge is 0.265 e. The minimum Gasteiger partial charge on any atom is -0.481 e. The second-order valence-electron chi connectivity index (χ2n) is 8.38. The molecule has 2 N–H and O–H groups in total. The molecule has 0 heterocycles. The van der Waals surface area contributed by atoms with Gasteiger partial charge in [-0.25, -0.2) is 0 Å². The van der Waals surface area contributed by atoms with Crippen molar-refractivity contribution in [2.45, 2.75) is 60.0 Å². The Kier molecular flexibility index (Phi) is 7.43. The minimum absolute atomic E-state index is 0.0840. The molecule has 0 aliphatic rings. The van der Waals surface area contributed by atoms with Crippen LogP contribution in [0.2, 0.25) is 0 Å². The Labute approximate surface area is 173 Å². The van der Waals surface area contributed by atoms with Gasteiger partial charge in [-0.05, 0) is 49.1 Å². The number of amides is 2. The average Bonchev–Trinajstić information content (AvgIpc) is 2.67. The highest BCUT2D eigenvalue weighted by atomic mass is 16.5. The standard InChI is InChI=1S/C24H32N2O3/c1-7-16(2)20-13-8-9-14-21(20)29-17(3)22(27)25-18-11-10-12-19(15-18)26-23(28)24(4,5)6/h8-17H,7H2,1-6H3,(H,25,27)(H,26,28). The number of hydrogen-bond acceptors (Lipinski definition) is 3. The quantitative estimate of drug-likeness (QED) is 0.641. The summed E-state index contributed by atoms with van der Waals surface area (Å²) in [6.07, 6.45) is 0.335. The predicted molar refractivity (Wildman–Crippen MR) is 118 cm³/mol. The van der Waals surface area contributed by atoms with E-state index in [2.05, 4.69) is 24.5 Å². The topological polar surface area (TPSA) is 67.4 Å². The molecular formula is C24H32N2O3. The summed E-state index contributed by atoms with van der Waals surface area (Å²) in [5, 5.41) is 5.73. The number of carbonyl (C=O) groups is 2. The summed E-state index contributed by atoms with van der Waals surface area (Å²) in [5.74, 6) is 0.753. The monoisotopic (exact) mass is 396 g/mol. The van der Waals surface area contributed by atoms with Crippen molar-refractivity contribution < 1.29 is 14.3 Å². The van der Waals surface area contributed by atoms with E-state index in [9.17, 15) is 9.59 Å². The molecule has 0 aliphatic carbocycles. The molecular weight excluding hydrogens is 364 g/mol. The Hall–Kier alpha value is -2.82. The third kappa shape index (κ3) is 6.34. The lowest BCUT2D eigenvalue weighted by Gasteiger charge is -2.20. The van der Waals surface area contributed by atoms with Crippen molar-refractivity contribution in [3.8, 4) is 5.75 Å². The number of benzene rings is 2. The van der Waals surface area contributed by atoms with Crippen LogP contribution in [0.15, 0.2) is 48.5 Å². The van der Waals surface area contributed by atoms with Gasteiger partial charge in [-0.3, -0.25) is 9.59 Å². The van der Waals surface area contributed by atoms with Crippen molar-refractivity contribution >= 4 is 23.2 Å². The van der Waals surface area contributed by atoms with E-state index in [0.717, 1.165) is 17.7 Å². The van der Waals surface area contributed by atoms with Gasteiger partial charge < -0.3 is 15.4 Å². The van der Waals surface area contributed by atoms with E-state index in [-0.39, 0.29) is 11.8 Å². The molecule has 2 atom stereocenters. The molecule has 156 valence electrons. The highest BCUT2D eigenvalue weighted by Gasteiger charge is 2.22. The molecule has 0 saturated carbocycles. The van der Waals surface area contributed by atoms with E-state index in [1.807, 2.05) is 45.0 Å². The van der Waals surface area contributed by atoms with Crippen molar-refractivity contribution in [2.24, 2.45) is 5.41 Å². The second kappa shape index (κ2) is 9.59. The minimum atomic E-state index is -0.659. The summed E-state index contributed by atoms with van der Waals surface area (Å²) in [6.45, 7) is 11.6. The van der Waals surface area contributed by atoms with E-state index < -0.39 is 11.5 Å². The number of anilines is 2. The summed E-state index contributed by atoms with van der Waals surface area (Å²) in [4.78, 5) is 24.8. The first-order chi connectivity index (χ1) is 13.6. The molecule has 0 spiro atoms. The van der Waals surface area contributed by atoms with Gasteiger partial charge in [0.25, 0.3) is 5.91 Å². The van der Waals surface area contributed by atoms with Crippen LogP contribution >= 0.6 is 0 Å². The normalized spacial score (nSPS) is 13.3. The first kappa shape index (κ1) is 22.5. The van der Waals surface area contributed by atoms with Gasteiger partial charge in [0.1, 0.15) is 5.75 Å². The van der Waals surface area contributed by atoms with Crippen LogP contribution < -0.4 is 15.4 Å². The van der Waals surface area contributed by atoms with E-state index in [1.54, 1.807) is 31.2 Å². The Bertz CT molecular complexity index is 855. The van der Waals surface area contributed by atoms with E-state index in [0.29, 0.717) is 17.3 Å². The Morgan fingerprint density at radius 2 is 1.59 bits per heavy atom. The molecule has 0 saturated heterocycles. The maximum absolute atomic E-state index is 12.6. The zero-order valence-corrected chi connectivity index (χ0v) is 18.2. The molecule has 0 fully saturated rings. The van der Waals surface area contributed by atoms with Crippen LogP contribution in [0.25, 0.3) is 0 Å². The van der Waals surface area contributed by atoms with Crippen LogP contribution in [0, 0.1) is 5.41 Å². The zero-order valence-electron chi connectivity index (χ0n) is 18.2. The average molecular weight is 397 g/mol. The van der Waals surface area contributed by atoms with E-state index >= 15 is 0 Å². The highest BCUT2D eigenvalue weighted by molar-refractivity contribution is 5.97. The lowest BCUT2D eigenvalue weighted by molar-refractivity contribution is -0.123. The van der Waals surface area contributed by atoms with Crippen molar-refractivity contribution in [2.75, 3.05) is 10.6 Å². The number of ether oxygens (including phenoxy) is 1. The maximum Gasteiger partial charge on any atom is 0.265 e. The molecule has 0 radical (unpaired) electrons. The Morgan fingerprint density at radius 1 is 0.966 bits per heavy atom. The van der Waals surface area contributed by atoms with Crippen molar-refractivity contribution in [3.05, 3.63) is 54.1 Å². The molecule has 2 unspecified atom stereocenters. The number of nitrogens with one attached hydrogen (secondary N) is 2. The maximum atomic E-state index is 12.6. The fourth-order valence-corrected chi connectivity index (χ4v) is 2.70. The SMILES string of the molecule is CCC(C)c1ccccc1OC(C)C(=O)Nc1cccc(NC(=O)C(C)(C)C)c1. The van der Waals surface area contributed by atoms with Gasteiger partial charge >= 0.3 is 0 Å². The molecule has 0 bridgehead atoms. The molecule has 2 rings (SSSR count). The van der Waals surface area contributed by atoms with Crippen LogP contribution in [0.3, 0.4) is 0 Å². The molecule has 0 aliphatic heterocycles. The fourth-order valence-electron chi connectivity index (χ4n) is 2.70. The molecule has 5 heteroatoms. The Morgan fingerprint density at radius 3 is 2.21 bits per heavy atom. The molecule has 5 nitrogen and oxygen atoms in total. The van der Waals surface area contributed by atoms with E-state index in [1.165, 1.54) is 0 Å². The first-order valence-electron chi connectivity index (χ1n) is 10.1. The molecule has 2 amide bonds. The van der Waals surface area contributed by atoms with Gasteiger partial charge in [0.05, 0.1) is 0 Å². The summed E-state index contributed by atoms with van der Waals surface area (Å²) in [5.41, 5.74) is 1.84. The van der Waals surface area contributed by atoms with Gasteiger partial charge in [0.15, 0.2) is 6.10 Å². The van der Waals surface area contributed by atoms with Crippen LogP contribution in [-0.2, 0) is 9.59 Å². The summed E-state index contributed by atoms with van der Waals surface area (Å²) in [6, 6.07) is 14.9. The first-order valence-corrected chi connectivity index (χ1v) is 10.1. The van der Waals surface area contributed by atoms with Crippen LogP contribution in [0.5, 0.6) is 5.75 Å². The Balaban J connectivity index is 2.05. The third-order valence-electron chi connectivity index (χ3n) is 4.80. The van der Waals surface area contributed by atoms with E-state index in [4.69, 9.17) is 4.74 Å². The lowest BCUT2D eigenvalue weighted by atomic mass is 9.95. The number of hydrogen-bond donors (Lipinski definition) is 2. The summed E-state index contributed by atoms with van der Waals surface area (Å²) >= 11 is 0. The molecule has 0 aromatic heterocycles. The number of para-hydroxylation sites is 1. The molecule has 29 heavy (non-hydrogen) atoms. The van der Waals surface area contributed by atoms with Crippen LogP contribution in [0.4, 0.5) is 11.4 Å². The van der Waals surface area contributed by atoms with Crippen LogP contribution in [0.1, 0.15) is 59.4 Å². The van der Waals surface area contributed by atoms with Gasteiger partial charge in [0.2, 0.25) is 5.91 Å². The number of rotatable bonds is 7. The van der Waals surface area contributed by atoms with Crippen molar-refractivity contribution in [3.63, 3.8) is 0 Å². The number of carbonyl (C=O) groups excluding carboxylic acids is 2. The van der Waals surface area contributed by atoms with Crippen LogP contribution in [-0.4, -0.2) is 17.9 Å². The second-order valence-corrected chi connectivity index (χ2v) is 8.38. The largest absolute Gasteiger partial charge is 0.481 e. The van der Waals surface area contributed by atoms with Gasteiger partial charge in [0, 0.05) is 16.8 Å². The van der Waals surface area contributed by atoms with Gasteiger partial charge in [-0.1, -0.05) is 58.9 Å². The summed E-state index contributed by atoms with van der Waals surface area (Å²) < 4.78 is 5.96. The third-order valence-corrected chi connectivity index (χ3v) is 4.80. The van der Waals surface area contributed by atoms with Crippen molar-refractivity contribution in [1.29, 1.82) is 0 Å².